The molecule has 0 spiro atoms. The molecule has 4 rings (SSSR count). The largest absolute Gasteiger partial charge is 0.491 e. The van der Waals surface area contributed by atoms with Gasteiger partial charge in [-0.2, -0.15) is 0 Å². The van der Waals surface area contributed by atoms with Crippen LogP contribution in [0.3, 0.4) is 0 Å². The number of aryl methyl sites for hydroxylation is 5. The molecule has 0 radical (unpaired) electrons. The Morgan fingerprint density at radius 2 is 1.58 bits per heavy atom. The van der Waals surface area contributed by atoms with E-state index in [1.54, 1.807) is 0 Å². The highest BCUT2D eigenvalue weighted by Gasteiger charge is 2.16. The molecule has 1 unspecified atom stereocenters. The van der Waals surface area contributed by atoms with Crippen LogP contribution in [0.15, 0.2) is 54.6 Å². The zero-order valence-electron chi connectivity index (χ0n) is 20.1. The lowest BCUT2D eigenvalue weighted by Gasteiger charge is -2.17. The lowest BCUT2D eigenvalue weighted by atomic mass is 10.1. The molecule has 3 aromatic carbocycles. The third kappa shape index (κ3) is 5.20. The smallest absolute Gasteiger partial charge is 0.148 e. The van der Waals surface area contributed by atoms with E-state index in [0.717, 1.165) is 39.5 Å². The minimum atomic E-state index is -0.689. The Morgan fingerprint density at radius 3 is 2.30 bits per heavy atom. The molecular weight excluding hydrogens is 412 g/mol. The van der Waals surface area contributed by atoms with Gasteiger partial charge in [0.05, 0.1) is 17.6 Å². The van der Waals surface area contributed by atoms with Crippen LogP contribution in [-0.4, -0.2) is 27.4 Å². The van der Waals surface area contributed by atoms with Crippen LogP contribution in [0, 0.1) is 34.6 Å². The van der Waals surface area contributed by atoms with Crippen molar-refractivity contribution in [3.8, 4) is 11.5 Å². The van der Waals surface area contributed by atoms with Gasteiger partial charge >= 0.3 is 0 Å². The Hall–Kier alpha value is -3.31. The van der Waals surface area contributed by atoms with E-state index < -0.39 is 6.10 Å². The standard InChI is InChI=1S/C28H32N2O3/c1-18-12-21(4)28(22(5)13-18)33-17-27-29-25-8-6-7-9-26(25)30(27)15-23(31)16-32-24-11-10-19(2)20(3)14-24/h6-14,23,31H,15-17H2,1-5H3. The van der Waals surface area contributed by atoms with Crippen molar-refractivity contribution in [2.75, 3.05) is 6.61 Å². The molecule has 5 nitrogen and oxygen atoms in total. The number of aliphatic hydroxyl groups is 1. The fourth-order valence-corrected chi connectivity index (χ4v) is 4.23. The molecular formula is C28H32N2O3. The summed E-state index contributed by atoms with van der Waals surface area (Å²) in [5, 5.41) is 10.8. The second-order valence-corrected chi connectivity index (χ2v) is 8.85. The van der Waals surface area contributed by atoms with Crippen molar-refractivity contribution in [1.29, 1.82) is 0 Å². The van der Waals surface area contributed by atoms with E-state index in [4.69, 9.17) is 14.5 Å². The number of benzene rings is 3. The van der Waals surface area contributed by atoms with Crippen LogP contribution in [0.25, 0.3) is 11.0 Å². The molecule has 1 heterocycles. The van der Waals surface area contributed by atoms with E-state index >= 15 is 0 Å². The molecule has 5 heteroatoms. The normalized spacial score (nSPS) is 12.2. The van der Waals surface area contributed by atoms with Crippen molar-refractivity contribution in [1.82, 2.24) is 9.55 Å². The monoisotopic (exact) mass is 444 g/mol. The maximum Gasteiger partial charge on any atom is 0.148 e. The van der Waals surface area contributed by atoms with Gasteiger partial charge in [0.2, 0.25) is 0 Å². The van der Waals surface area contributed by atoms with Crippen LogP contribution in [0.5, 0.6) is 11.5 Å². The molecule has 0 saturated heterocycles. The number of aromatic nitrogens is 2. The van der Waals surface area contributed by atoms with Gasteiger partial charge in [0.1, 0.15) is 36.6 Å². The summed E-state index contributed by atoms with van der Waals surface area (Å²) in [6, 6.07) is 18.2. The summed E-state index contributed by atoms with van der Waals surface area (Å²) in [4.78, 5) is 4.78. The van der Waals surface area contributed by atoms with Crippen LogP contribution < -0.4 is 9.47 Å². The van der Waals surface area contributed by atoms with E-state index in [-0.39, 0.29) is 6.61 Å². The van der Waals surface area contributed by atoms with Crippen molar-refractivity contribution in [2.45, 2.75) is 53.9 Å². The first-order chi connectivity index (χ1) is 15.8. The van der Waals surface area contributed by atoms with E-state index in [1.165, 1.54) is 16.7 Å². The van der Waals surface area contributed by atoms with Gasteiger partial charge < -0.3 is 19.1 Å². The van der Waals surface area contributed by atoms with Gasteiger partial charge in [0.15, 0.2) is 0 Å². The Balaban J connectivity index is 1.51. The first kappa shape index (κ1) is 22.9. The highest BCUT2D eigenvalue weighted by Crippen LogP contribution is 2.26. The molecule has 0 aliphatic heterocycles. The number of fused-ring (bicyclic) bond motifs is 1. The van der Waals surface area contributed by atoms with Crippen molar-refractivity contribution < 1.29 is 14.6 Å². The molecule has 0 aliphatic rings. The minimum absolute atomic E-state index is 0.200. The van der Waals surface area contributed by atoms with E-state index in [9.17, 15) is 5.11 Å². The SMILES string of the molecule is Cc1cc(C)c(OCc2nc3ccccc3n2CC(O)COc2ccc(C)c(C)c2)c(C)c1. The highest BCUT2D eigenvalue weighted by molar-refractivity contribution is 5.75. The Kier molecular flexibility index (Phi) is 6.70. The summed E-state index contributed by atoms with van der Waals surface area (Å²) in [6.07, 6.45) is -0.689. The van der Waals surface area contributed by atoms with Crippen LogP contribution in [-0.2, 0) is 13.2 Å². The average Bonchev–Trinajstić information content (AvgIpc) is 3.11. The minimum Gasteiger partial charge on any atom is -0.491 e. The number of aliphatic hydroxyl groups excluding tert-OH is 1. The molecule has 0 amide bonds. The summed E-state index contributed by atoms with van der Waals surface area (Å²) < 4.78 is 14.1. The molecule has 0 aliphatic carbocycles. The molecule has 1 aromatic heterocycles. The summed E-state index contributed by atoms with van der Waals surface area (Å²) in [5.74, 6) is 2.43. The molecule has 0 bridgehead atoms. The average molecular weight is 445 g/mol. The first-order valence-corrected chi connectivity index (χ1v) is 11.3. The number of hydrogen-bond acceptors (Lipinski definition) is 4. The lowest BCUT2D eigenvalue weighted by molar-refractivity contribution is 0.0917. The molecule has 1 atom stereocenters. The lowest BCUT2D eigenvalue weighted by Crippen LogP contribution is -2.25. The van der Waals surface area contributed by atoms with Crippen LogP contribution in [0.2, 0.25) is 0 Å². The highest BCUT2D eigenvalue weighted by atomic mass is 16.5. The van der Waals surface area contributed by atoms with Crippen molar-refractivity contribution in [3.63, 3.8) is 0 Å². The summed E-state index contributed by atoms with van der Waals surface area (Å²) in [6.45, 7) is 11.2. The molecule has 0 fully saturated rings. The molecule has 33 heavy (non-hydrogen) atoms. The topological polar surface area (TPSA) is 56.5 Å². The third-order valence-corrected chi connectivity index (χ3v) is 6.00. The fraction of sp³-hybridized carbons (Fsp3) is 0.321. The molecule has 4 aromatic rings. The van der Waals surface area contributed by atoms with E-state index in [1.807, 2.05) is 47.0 Å². The number of hydrogen-bond donors (Lipinski definition) is 1. The van der Waals surface area contributed by atoms with Gasteiger partial charge in [-0.1, -0.05) is 35.9 Å². The van der Waals surface area contributed by atoms with Crippen molar-refractivity contribution >= 4 is 11.0 Å². The Labute approximate surface area is 195 Å². The second-order valence-electron chi connectivity index (χ2n) is 8.85. The quantitative estimate of drug-likeness (QED) is 0.384. The molecule has 1 N–H and O–H groups in total. The van der Waals surface area contributed by atoms with Crippen LogP contribution >= 0.6 is 0 Å². The zero-order valence-corrected chi connectivity index (χ0v) is 20.1. The maximum absolute atomic E-state index is 10.8. The van der Waals surface area contributed by atoms with Gasteiger partial charge in [-0.25, -0.2) is 4.98 Å². The number of rotatable bonds is 8. The number of imidazole rings is 1. The van der Waals surface area contributed by atoms with Gasteiger partial charge in [0, 0.05) is 0 Å². The van der Waals surface area contributed by atoms with Gasteiger partial charge in [-0.05, 0) is 81.1 Å². The zero-order chi connectivity index (χ0) is 23.5. The van der Waals surface area contributed by atoms with Crippen LogP contribution in [0.4, 0.5) is 0 Å². The fourth-order valence-electron chi connectivity index (χ4n) is 4.23. The number of ether oxygens (including phenoxy) is 2. The number of nitrogens with zero attached hydrogens (tertiary/aromatic N) is 2. The van der Waals surface area contributed by atoms with Gasteiger partial charge in [-0.3, -0.25) is 0 Å². The van der Waals surface area contributed by atoms with Crippen molar-refractivity contribution in [3.05, 3.63) is 88.2 Å². The Bertz CT molecular complexity index is 1250. The Morgan fingerprint density at radius 1 is 0.848 bits per heavy atom. The summed E-state index contributed by atoms with van der Waals surface area (Å²) in [5.41, 5.74) is 7.68. The third-order valence-electron chi connectivity index (χ3n) is 6.00. The molecule has 0 saturated carbocycles. The van der Waals surface area contributed by atoms with Gasteiger partial charge in [0.25, 0.3) is 0 Å². The maximum atomic E-state index is 10.8. The predicted octanol–water partition coefficient (Wildman–Crippen LogP) is 5.60. The summed E-state index contributed by atoms with van der Waals surface area (Å²) in [7, 11) is 0. The summed E-state index contributed by atoms with van der Waals surface area (Å²) >= 11 is 0. The predicted molar refractivity (Wildman–Crippen MR) is 132 cm³/mol. The van der Waals surface area contributed by atoms with Gasteiger partial charge in [-0.15, -0.1) is 0 Å². The second kappa shape index (κ2) is 9.67. The van der Waals surface area contributed by atoms with Crippen molar-refractivity contribution in [2.24, 2.45) is 0 Å². The number of para-hydroxylation sites is 2. The van der Waals surface area contributed by atoms with Crippen LogP contribution in [0.1, 0.15) is 33.6 Å². The van der Waals surface area contributed by atoms with E-state index in [0.29, 0.717) is 13.2 Å². The first-order valence-electron chi connectivity index (χ1n) is 11.3. The molecule has 172 valence electrons. The van der Waals surface area contributed by atoms with E-state index in [2.05, 4.69) is 46.8 Å².